The minimum atomic E-state index is -0.521. The van der Waals surface area contributed by atoms with Gasteiger partial charge in [-0.25, -0.2) is 0 Å². The van der Waals surface area contributed by atoms with Crippen LogP contribution in [0.4, 0.5) is 17.1 Å². The van der Waals surface area contributed by atoms with Gasteiger partial charge in [-0.05, 0) is 61.2 Å². The van der Waals surface area contributed by atoms with Crippen molar-refractivity contribution >= 4 is 34.6 Å². The molecule has 0 spiro atoms. The Balaban J connectivity index is 1.49. The second kappa shape index (κ2) is 9.54. The summed E-state index contributed by atoms with van der Waals surface area (Å²) < 4.78 is 10.7. The maximum atomic E-state index is 12.7. The van der Waals surface area contributed by atoms with Crippen LogP contribution >= 0.6 is 11.6 Å². The molecule has 2 heterocycles. The van der Waals surface area contributed by atoms with Crippen molar-refractivity contribution in [1.82, 2.24) is 0 Å². The number of amides is 1. The molecule has 0 radical (unpaired) electrons. The monoisotopic (exact) mass is 469 g/mol. The van der Waals surface area contributed by atoms with E-state index in [4.69, 9.17) is 20.8 Å². The second-order valence-electron chi connectivity index (χ2n) is 8.09. The molecule has 1 aromatic heterocycles. The summed E-state index contributed by atoms with van der Waals surface area (Å²) in [6, 6.07) is 12.8. The largest absolute Gasteiger partial charge is 0.497 e. The first-order valence-electron chi connectivity index (χ1n) is 10.6. The lowest BCUT2D eigenvalue weighted by molar-refractivity contribution is -0.384. The van der Waals surface area contributed by atoms with E-state index in [1.807, 2.05) is 6.07 Å². The van der Waals surface area contributed by atoms with Crippen LogP contribution in [-0.4, -0.2) is 31.0 Å². The summed E-state index contributed by atoms with van der Waals surface area (Å²) in [6.45, 7) is 4.17. The van der Waals surface area contributed by atoms with Gasteiger partial charge in [0.15, 0.2) is 5.76 Å². The molecule has 0 atom stereocenters. The minimum Gasteiger partial charge on any atom is -0.497 e. The molecular formula is C24H24ClN3O5. The van der Waals surface area contributed by atoms with E-state index >= 15 is 0 Å². The third kappa shape index (κ3) is 4.96. The normalized spacial score (nSPS) is 14.2. The summed E-state index contributed by atoms with van der Waals surface area (Å²) in [7, 11) is 1.43. The molecule has 1 aliphatic rings. The highest BCUT2D eigenvalue weighted by atomic mass is 35.5. The lowest BCUT2D eigenvalue weighted by Gasteiger charge is -2.32. The molecule has 9 heteroatoms. The molecule has 0 bridgehead atoms. The van der Waals surface area contributed by atoms with Gasteiger partial charge in [0.25, 0.3) is 11.6 Å². The fourth-order valence-corrected chi connectivity index (χ4v) is 4.19. The molecule has 0 aliphatic carbocycles. The van der Waals surface area contributed by atoms with E-state index in [1.54, 1.807) is 18.2 Å². The van der Waals surface area contributed by atoms with Crippen LogP contribution in [0.3, 0.4) is 0 Å². The number of ether oxygens (including phenoxy) is 1. The van der Waals surface area contributed by atoms with Gasteiger partial charge >= 0.3 is 0 Å². The number of methoxy groups -OCH3 is 1. The standard InChI is InChI=1S/C24H24ClN3O5/c1-15-9-11-27(12-10-15)20-6-3-16(13-19(20)25)26-24(29)23-8-7-22(33-23)18-5-4-17(32-2)14-21(18)28(30)31/h3-8,13-15H,9-12H2,1-2H3,(H,26,29). The van der Waals surface area contributed by atoms with Crippen LogP contribution in [0.5, 0.6) is 5.75 Å². The van der Waals surface area contributed by atoms with Crippen molar-refractivity contribution in [3.05, 3.63) is 69.4 Å². The van der Waals surface area contributed by atoms with E-state index in [1.165, 1.54) is 31.4 Å². The van der Waals surface area contributed by atoms with E-state index in [0.717, 1.165) is 37.5 Å². The molecule has 1 N–H and O–H groups in total. The maximum Gasteiger partial charge on any atom is 0.291 e. The minimum absolute atomic E-state index is 0.0281. The van der Waals surface area contributed by atoms with Crippen molar-refractivity contribution in [2.45, 2.75) is 19.8 Å². The van der Waals surface area contributed by atoms with Crippen LogP contribution in [0.2, 0.25) is 5.02 Å². The topological polar surface area (TPSA) is 97.8 Å². The van der Waals surface area contributed by atoms with Crippen molar-refractivity contribution in [3.63, 3.8) is 0 Å². The fraction of sp³-hybridized carbons (Fsp3) is 0.292. The number of benzene rings is 2. The smallest absolute Gasteiger partial charge is 0.291 e. The Morgan fingerprint density at radius 2 is 1.94 bits per heavy atom. The number of nitrogens with zero attached hydrogens (tertiary/aromatic N) is 2. The lowest BCUT2D eigenvalue weighted by atomic mass is 9.99. The summed E-state index contributed by atoms with van der Waals surface area (Å²) >= 11 is 6.49. The van der Waals surface area contributed by atoms with Crippen molar-refractivity contribution < 1.29 is 18.9 Å². The highest BCUT2D eigenvalue weighted by Gasteiger charge is 2.22. The average molecular weight is 470 g/mol. The van der Waals surface area contributed by atoms with Gasteiger partial charge in [0.2, 0.25) is 0 Å². The van der Waals surface area contributed by atoms with Gasteiger partial charge < -0.3 is 19.4 Å². The Hall–Kier alpha value is -3.52. The predicted octanol–water partition coefficient (Wildman–Crippen LogP) is 6.01. The quantitative estimate of drug-likeness (QED) is 0.351. The highest BCUT2D eigenvalue weighted by Crippen LogP contribution is 2.35. The Bertz CT molecular complexity index is 1180. The molecule has 8 nitrogen and oxygen atoms in total. The van der Waals surface area contributed by atoms with Crippen molar-refractivity contribution in [3.8, 4) is 17.1 Å². The second-order valence-corrected chi connectivity index (χ2v) is 8.50. The summed E-state index contributed by atoms with van der Waals surface area (Å²) in [6.07, 6.45) is 2.25. The molecule has 3 aromatic rings. The molecule has 4 rings (SSSR count). The van der Waals surface area contributed by atoms with Crippen LogP contribution < -0.4 is 15.0 Å². The predicted molar refractivity (Wildman–Crippen MR) is 127 cm³/mol. The summed E-state index contributed by atoms with van der Waals surface area (Å²) in [5, 5.41) is 14.8. The molecule has 172 valence electrons. The number of nitro benzene ring substituents is 1. The summed E-state index contributed by atoms with van der Waals surface area (Å²) in [4.78, 5) is 25.9. The maximum absolute atomic E-state index is 12.7. The number of rotatable bonds is 6. The Morgan fingerprint density at radius 3 is 2.61 bits per heavy atom. The summed E-state index contributed by atoms with van der Waals surface area (Å²) in [5.41, 5.74) is 1.56. The number of piperidine rings is 1. The van der Waals surface area contributed by atoms with E-state index in [2.05, 4.69) is 17.1 Å². The number of hydrogen-bond acceptors (Lipinski definition) is 6. The Kier molecular flexibility index (Phi) is 6.55. The van der Waals surface area contributed by atoms with Gasteiger partial charge in [0.05, 0.1) is 34.4 Å². The molecule has 33 heavy (non-hydrogen) atoms. The number of furan rings is 1. The number of nitro groups is 1. The molecule has 1 aliphatic heterocycles. The van der Waals surface area contributed by atoms with Gasteiger partial charge in [0, 0.05) is 18.8 Å². The highest BCUT2D eigenvalue weighted by molar-refractivity contribution is 6.33. The van der Waals surface area contributed by atoms with Crippen LogP contribution in [0, 0.1) is 16.0 Å². The molecule has 2 aromatic carbocycles. The first-order chi connectivity index (χ1) is 15.9. The fourth-order valence-electron chi connectivity index (χ4n) is 3.89. The molecule has 1 saturated heterocycles. The zero-order valence-corrected chi connectivity index (χ0v) is 19.1. The SMILES string of the molecule is COc1ccc(-c2ccc(C(=O)Nc3ccc(N4CCC(C)CC4)c(Cl)c3)o2)c([N+](=O)[O-])c1. The average Bonchev–Trinajstić information content (AvgIpc) is 3.30. The third-order valence-electron chi connectivity index (χ3n) is 5.83. The number of carbonyl (C=O) groups excluding carboxylic acids is 1. The van der Waals surface area contributed by atoms with Crippen LogP contribution in [0.1, 0.15) is 30.3 Å². The number of hydrogen-bond donors (Lipinski definition) is 1. The third-order valence-corrected chi connectivity index (χ3v) is 6.13. The van der Waals surface area contributed by atoms with Crippen LogP contribution in [0.25, 0.3) is 11.3 Å². The van der Waals surface area contributed by atoms with Gasteiger partial charge in [0.1, 0.15) is 11.5 Å². The van der Waals surface area contributed by atoms with Crippen molar-refractivity contribution in [2.75, 3.05) is 30.4 Å². The van der Waals surface area contributed by atoms with E-state index < -0.39 is 10.8 Å². The first-order valence-corrected chi connectivity index (χ1v) is 11.0. The zero-order valence-electron chi connectivity index (χ0n) is 18.3. The molecule has 1 fully saturated rings. The Labute approximate surface area is 196 Å². The summed E-state index contributed by atoms with van der Waals surface area (Å²) in [5.74, 6) is 0.834. The molecule has 0 unspecified atom stereocenters. The van der Waals surface area contributed by atoms with Gasteiger partial charge in [-0.1, -0.05) is 18.5 Å². The number of nitrogens with one attached hydrogen (secondary N) is 1. The van der Waals surface area contributed by atoms with Gasteiger partial charge in [-0.3, -0.25) is 14.9 Å². The number of carbonyl (C=O) groups is 1. The number of anilines is 2. The van der Waals surface area contributed by atoms with Crippen molar-refractivity contribution in [1.29, 1.82) is 0 Å². The van der Waals surface area contributed by atoms with E-state index in [9.17, 15) is 14.9 Å². The van der Waals surface area contributed by atoms with Crippen LogP contribution in [0.15, 0.2) is 52.9 Å². The molecule has 1 amide bonds. The van der Waals surface area contributed by atoms with Crippen molar-refractivity contribution in [2.24, 2.45) is 5.92 Å². The molecular weight excluding hydrogens is 446 g/mol. The first kappa shape index (κ1) is 22.7. The van der Waals surface area contributed by atoms with Gasteiger partial charge in [-0.2, -0.15) is 0 Å². The van der Waals surface area contributed by atoms with E-state index in [-0.39, 0.29) is 22.8 Å². The lowest BCUT2D eigenvalue weighted by Crippen LogP contribution is -2.32. The van der Waals surface area contributed by atoms with Crippen LogP contribution in [-0.2, 0) is 0 Å². The molecule has 0 saturated carbocycles. The number of halogens is 1. The van der Waals surface area contributed by atoms with Gasteiger partial charge in [-0.15, -0.1) is 0 Å². The Morgan fingerprint density at radius 1 is 1.18 bits per heavy atom. The zero-order chi connectivity index (χ0) is 23.5. The van der Waals surface area contributed by atoms with E-state index in [0.29, 0.717) is 16.5 Å².